The van der Waals surface area contributed by atoms with E-state index in [0.717, 1.165) is 22.4 Å². The lowest BCUT2D eigenvalue weighted by atomic mass is 10.1. The Morgan fingerprint density at radius 3 is 2.66 bits per heavy atom. The first kappa shape index (κ1) is 20.9. The maximum Gasteiger partial charge on any atom is 0.289 e. The van der Waals surface area contributed by atoms with Gasteiger partial charge in [0.15, 0.2) is 0 Å². The number of hydrogen-bond donors (Lipinski definition) is 2. The van der Waals surface area contributed by atoms with Crippen molar-refractivity contribution in [1.82, 2.24) is 15.6 Å². The SMILES string of the molecule is COc1cccc(/C=N\NC(=O)c2cc(-c3cccc(OCc4ccccc4)c3)n[nH]2)c1. The number of hydrazone groups is 1. The molecule has 1 amide bonds. The molecule has 0 unspecified atom stereocenters. The monoisotopic (exact) mass is 426 g/mol. The molecule has 4 aromatic rings. The predicted octanol–water partition coefficient (Wildman–Crippen LogP) is 4.43. The number of rotatable bonds is 8. The maximum atomic E-state index is 12.4. The zero-order valence-electron chi connectivity index (χ0n) is 17.5. The number of amides is 1. The largest absolute Gasteiger partial charge is 0.497 e. The van der Waals surface area contributed by atoms with E-state index in [1.165, 1.54) is 0 Å². The molecule has 1 aromatic heterocycles. The molecule has 0 aliphatic rings. The van der Waals surface area contributed by atoms with Crippen molar-refractivity contribution in [2.45, 2.75) is 6.61 Å². The van der Waals surface area contributed by atoms with Crippen molar-refractivity contribution in [2.24, 2.45) is 5.10 Å². The Balaban J connectivity index is 1.38. The Morgan fingerprint density at radius 1 is 1.00 bits per heavy atom. The minimum absolute atomic E-state index is 0.304. The van der Waals surface area contributed by atoms with Gasteiger partial charge in [-0.05, 0) is 41.5 Å². The van der Waals surface area contributed by atoms with Crippen molar-refractivity contribution in [2.75, 3.05) is 7.11 Å². The molecular weight excluding hydrogens is 404 g/mol. The molecule has 160 valence electrons. The van der Waals surface area contributed by atoms with Gasteiger partial charge >= 0.3 is 0 Å². The van der Waals surface area contributed by atoms with Crippen LogP contribution in [0.1, 0.15) is 21.6 Å². The first-order valence-corrected chi connectivity index (χ1v) is 10.0. The van der Waals surface area contributed by atoms with Crippen LogP contribution in [-0.2, 0) is 6.61 Å². The minimum atomic E-state index is -0.389. The number of nitrogens with zero attached hydrogens (tertiary/aromatic N) is 2. The predicted molar refractivity (Wildman–Crippen MR) is 123 cm³/mol. The molecule has 0 aliphatic heterocycles. The number of aromatic amines is 1. The number of ether oxygens (including phenoxy) is 2. The summed E-state index contributed by atoms with van der Waals surface area (Å²) in [5.41, 5.74) is 6.17. The fourth-order valence-corrected chi connectivity index (χ4v) is 3.02. The zero-order valence-corrected chi connectivity index (χ0v) is 17.5. The molecule has 0 atom stereocenters. The van der Waals surface area contributed by atoms with Crippen molar-refractivity contribution in [1.29, 1.82) is 0 Å². The van der Waals surface area contributed by atoms with Gasteiger partial charge in [0.2, 0.25) is 0 Å². The lowest BCUT2D eigenvalue weighted by Gasteiger charge is -2.07. The molecule has 0 aliphatic carbocycles. The number of H-pyrrole nitrogens is 1. The van der Waals surface area contributed by atoms with Crippen LogP contribution >= 0.6 is 0 Å². The zero-order chi connectivity index (χ0) is 22.2. The van der Waals surface area contributed by atoms with Gasteiger partial charge in [0.25, 0.3) is 5.91 Å². The number of benzene rings is 3. The molecular formula is C25H22N4O3. The Kier molecular flexibility index (Phi) is 6.57. The van der Waals surface area contributed by atoms with Crippen molar-refractivity contribution < 1.29 is 14.3 Å². The van der Waals surface area contributed by atoms with Crippen molar-refractivity contribution >= 4 is 12.1 Å². The highest BCUT2D eigenvalue weighted by molar-refractivity contribution is 5.94. The third-order valence-corrected chi connectivity index (χ3v) is 4.67. The Morgan fingerprint density at radius 2 is 1.81 bits per heavy atom. The van der Waals surface area contributed by atoms with Gasteiger partial charge in [0.05, 0.1) is 19.0 Å². The molecule has 0 saturated carbocycles. The van der Waals surface area contributed by atoms with Gasteiger partial charge in [-0.15, -0.1) is 0 Å². The quantitative estimate of drug-likeness (QED) is 0.322. The van der Waals surface area contributed by atoms with Crippen molar-refractivity contribution in [3.63, 3.8) is 0 Å². The Hall–Kier alpha value is -4.39. The summed E-state index contributed by atoms with van der Waals surface area (Å²) < 4.78 is 11.0. The summed E-state index contributed by atoms with van der Waals surface area (Å²) >= 11 is 0. The molecule has 0 spiro atoms. The Bertz CT molecular complexity index is 1220. The van der Waals surface area contributed by atoms with Crippen LogP contribution < -0.4 is 14.9 Å². The van der Waals surface area contributed by atoms with Gasteiger partial charge in [0, 0.05) is 5.56 Å². The van der Waals surface area contributed by atoms with Gasteiger partial charge in [-0.1, -0.05) is 54.6 Å². The van der Waals surface area contributed by atoms with E-state index in [1.807, 2.05) is 78.9 Å². The number of aromatic nitrogens is 2. The maximum absolute atomic E-state index is 12.4. The lowest BCUT2D eigenvalue weighted by molar-refractivity contribution is 0.0950. The highest BCUT2D eigenvalue weighted by Crippen LogP contribution is 2.23. The van der Waals surface area contributed by atoms with Gasteiger partial charge in [-0.25, -0.2) is 5.43 Å². The molecule has 0 saturated heterocycles. The molecule has 2 N–H and O–H groups in total. The number of carbonyl (C=O) groups is 1. The highest BCUT2D eigenvalue weighted by Gasteiger charge is 2.11. The molecule has 4 rings (SSSR count). The van der Waals surface area contributed by atoms with Crippen LogP contribution in [0.3, 0.4) is 0 Å². The fraction of sp³-hybridized carbons (Fsp3) is 0.0800. The summed E-state index contributed by atoms with van der Waals surface area (Å²) in [5, 5.41) is 11.0. The molecule has 0 bridgehead atoms. The van der Waals surface area contributed by atoms with E-state index in [4.69, 9.17) is 9.47 Å². The van der Waals surface area contributed by atoms with E-state index >= 15 is 0 Å². The topological polar surface area (TPSA) is 88.6 Å². The molecule has 1 heterocycles. The third kappa shape index (κ3) is 5.40. The van der Waals surface area contributed by atoms with E-state index < -0.39 is 0 Å². The third-order valence-electron chi connectivity index (χ3n) is 4.67. The average Bonchev–Trinajstić information content (AvgIpc) is 3.34. The van der Waals surface area contributed by atoms with Crippen LogP contribution in [0.15, 0.2) is 90.0 Å². The molecule has 0 radical (unpaired) electrons. The number of carbonyl (C=O) groups excluding carboxylic acids is 1. The summed E-state index contributed by atoms with van der Waals surface area (Å²) in [6, 6.07) is 26.6. The second-order valence-corrected chi connectivity index (χ2v) is 6.94. The van der Waals surface area contributed by atoms with Crippen LogP contribution in [0.5, 0.6) is 11.5 Å². The van der Waals surface area contributed by atoms with E-state index in [2.05, 4.69) is 20.7 Å². The van der Waals surface area contributed by atoms with Gasteiger partial charge in [0.1, 0.15) is 23.8 Å². The van der Waals surface area contributed by atoms with Crippen LogP contribution in [0, 0.1) is 0 Å². The van der Waals surface area contributed by atoms with Gasteiger partial charge in [-0.3, -0.25) is 9.89 Å². The normalized spacial score (nSPS) is 10.8. The van der Waals surface area contributed by atoms with Crippen LogP contribution in [0.2, 0.25) is 0 Å². The second-order valence-electron chi connectivity index (χ2n) is 6.94. The summed E-state index contributed by atoms with van der Waals surface area (Å²) in [4.78, 5) is 12.4. The summed E-state index contributed by atoms with van der Waals surface area (Å²) in [7, 11) is 1.60. The van der Waals surface area contributed by atoms with E-state index in [0.29, 0.717) is 23.7 Å². The lowest BCUT2D eigenvalue weighted by Crippen LogP contribution is -2.18. The molecule has 32 heavy (non-hydrogen) atoms. The first-order chi connectivity index (χ1) is 15.7. The van der Waals surface area contributed by atoms with Crippen LogP contribution in [-0.4, -0.2) is 29.4 Å². The van der Waals surface area contributed by atoms with Crippen LogP contribution in [0.4, 0.5) is 0 Å². The molecule has 0 fully saturated rings. The highest BCUT2D eigenvalue weighted by atomic mass is 16.5. The molecule has 7 nitrogen and oxygen atoms in total. The summed E-state index contributed by atoms with van der Waals surface area (Å²) in [6.07, 6.45) is 1.55. The number of hydrogen-bond acceptors (Lipinski definition) is 5. The summed E-state index contributed by atoms with van der Waals surface area (Å²) in [6.45, 7) is 0.476. The van der Waals surface area contributed by atoms with Crippen molar-refractivity contribution in [3.05, 3.63) is 102 Å². The summed E-state index contributed by atoms with van der Waals surface area (Å²) in [5.74, 6) is 1.05. The van der Waals surface area contributed by atoms with Gasteiger partial charge in [-0.2, -0.15) is 10.2 Å². The van der Waals surface area contributed by atoms with E-state index in [9.17, 15) is 4.79 Å². The molecule has 3 aromatic carbocycles. The fourth-order valence-electron chi connectivity index (χ4n) is 3.02. The standard InChI is InChI=1S/C25H22N4O3/c1-31-21-11-5-9-19(13-21)16-26-29-25(30)24-15-23(27-28-24)20-10-6-12-22(14-20)32-17-18-7-3-2-4-8-18/h2-16H,17H2,1H3,(H,27,28)(H,29,30)/b26-16-. The van der Waals surface area contributed by atoms with Crippen molar-refractivity contribution in [3.8, 4) is 22.8 Å². The number of nitrogens with one attached hydrogen (secondary N) is 2. The van der Waals surface area contributed by atoms with E-state index in [1.54, 1.807) is 19.4 Å². The smallest absolute Gasteiger partial charge is 0.289 e. The second kappa shape index (κ2) is 10.1. The minimum Gasteiger partial charge on any atom is -0.497 e. The first-order valence-electron chi connectivity index (χ1n) is 10.0. The van der Waals surface area contributed by atoms with Crippen LogP contribution in [0.25, 0.3) is 11.3 Å². The average molecular weight is 426 g/mol. The van der Waals surface area contributed by atoms with Gasteiger partial charge < -0.3 is 9.47 Å². The Labute approximate surface area is 185 Å². The number of methoxy groups -OCH3 is 1. The molecule has 7 heteroatoms. The van der Waals surface area contributed by atoms with E-state index in [-0.39, 0.29) is 5.91 Å².